The third-order valence-electron chi connectivity index (χ3n) is 5.87. The molecule has 0 unspecified atom stereocenters. The lowest BCUT2D eigenvalue weighted by Gasteiger charge is -2.38. The molecule has 2 N–H and O–H groups in total. The summed E-state index contributed by atoms with van der Waals surface area (Å²) < 4.78 is 19.4. The number of aliphatic imine (C=N–C) groups is 1. The van der Waals surface area contributed by atoms with Crippen LogP contribution in [-0.2, 0) is 10.2 Å². The third kappa shape index (κ3) is 5.66. The monoisotopic (exact) mass is 376 g/mol. The van der Waals surface area contributed by atoms with Crippen LogP contribution in [0.15, 0.2) is 29.3 Å². The van der Waals surface area contributed by atoms with Crippen molar-refractivity contribution in [3.63, 3.8) is 0 Å². The van der Waals surface area contributed by atoms with Gasteiger partial charge >= 0.3 is 0 Å². The molecule has 0 atom stereocenters. The highest BCUT2D eigenvalue weighted by Gasteiger charge is 2.34. The first-order valence-corrected chi connectivity index (χ1v) is 10.2. The van der Waals surface area contributed by atoms with Crippen LogP contribution < -0.4 is 10.6 Å². The molecule has 0 bridgehead atoms. The van der Waals surface area contributed by atoms with Gasteiger partial charge in [-0.1, -0.05) is 18.6 Å². The Morgan fingerprint density at radius 3 is 2.67 bits per heavy atom. The number of rotatable bonds is 6. The van der Waals surface area contributed by atoms with Gasteiger partial charge in [-0.2, -0.15) is 0 Å². The number of benzene rings is 1. The van der Waals surface area contributed by atoms with Gasteiger partial charge < -0.3 is 20.3 Å². The molecular weight excluding hydrogens is 343 g/mol. The molecule has 0 aliphatic carbocycles. The van der Waals surface area contributed by atoms with Crippen molar-refractivity contribution in [2.45, 2.75) is 37.5 Å². The number of ether oxygens (including phenoxy) is 1. The predicted molar refractivity (Wildman–Crippen MR) is 108 cm³/mol. The van der Waals surface area contributed by atoms with Gasteiger partial charge in [0.1, 0.15) is 5.82 Å². The standard InChI is InChI=1S/C21H33FN4O/c1-23-20(24-10-13-26-11-3-2-4-12-26)25-17-21(8-14-27-15-9-21)18-6-5-7-19(22)16-18/h5-7,16H,2-4,8-15,17H2,1H3,(H2,23,24,25). The van der Waals surface area contributed by atoms with Crippen molar-refractivity contribution < 1.29 is 9.13 Å². The molecule has 0 amide bonds. The van der Waals surface area contributed by atoms with E-state index in [9.17, 15) is 4.39 Å². The van der Waals surface area contributed by atoms with Gasteiger partial charge in [0.2, 0.25) is 0 Å². The first kappa shape index (κ1) is 20.1. The summed E-state index contributed by atoms with van der Waals surface area (Å²) in [6, 6.07) is 7.00. The Kier molecular flexibility index (Phi) is 7.47. The minimum Gasteiger partial charge on any atom is -0.381 e. The van der Waals surface area contributed by atoms with E-state index in [4.69, 9.17) is 4.74 Å². The normalized spacial score (nSPS) is 21.0. The molecule has 2 saturated heterocycles. The molecule has 1 aromatic rings. The van der Waals surface area contributed by atoms with Crippen LogP contribution >= 0.6 is 0 Å². The molecule has 0 radical (unpaired) electrons. The Labute approximate surface area is 162 Å². The Balaban J connectivity index is 1.55. The van der Waals surface area contributed by atoms with E-state index in [0.29, 0.717) is 13.2 Å². The number of halogens is 1. The number of likely N-dealkylation sites (tertiary alicyclic amines) is 1. The van der Waals surface area contributed by atoms with Crippen LogP contribution in [0.1, 0.15) is 37.7 Å². The Morgan fingerprint density at radius 1 is 1.19 bits per heavy atom. The molecule has 2 aliphatic heterocycles. The minimum atomic E-state index is -0.178. The van der Waals surface area contributed by atoms with Crippen molar-refractivity contribution in [1.82, 2.24) is 15.5 Å². The fraction of sp³-hybridized carbons (Fsp3) is 0.667. The van der Waals surface area contributed by atoms with Gasteiger partial charge in [0.05, 0.1) is 0 Å². The lowest BCUT2D eigenvalue weighted by Crippen LogP contribution is -2.49. The van der Waals surface area contributed by atoms with Crippen LogP contribution in [-0.4, -0.2) is 63.8 Å². The van der Waals surface area contributed by atoms with Crippen molar-refractivity contribution in [3.8, 4) is 0 Å². The summed E-state index contributed by atoms with van der Waals surface area (Å²) in [5, 5.41) is 6.91. The van der Waals surface area contributed by atoms with Crippen LogP contribution in [0.2, 0.25) is 0 Å². The Hall–Kier alpha value is -1.66. The molecule has 3 rings (SSSR count). The third-order valence-corrected chi connectivity index (χ3v) is 5.87. The maximum Gasteiger partial charge on any atom is 0.191 e. The summed E-state index contributed by atoms with van der Waals surface area (Å²) in [4.78, 5) is 6.88. The summed E-state index contributed by atoms with van der Waals surface area (Å²) in [7, 11) is 1.80. The number of piperidine rings is 1. The van der Waals surface area contributed by atoms with E-state index in [1.54, 1.807) is 19.2 Å². The molecule has 27 heavy (non-hydrogen) atoms. The largest absolute Gasteiger partial charge is 0.381 e. The van der Waals surface area contributed by atoms with Crippen molar-refractivity contribution in [3.05, 3.63) is 35.6 Å². The minimum absolute atomic E-state index is 0.120. The van der Waals surface area contributed by atoms with Crippen molar-refractivity contribution in [2.75, 3.05) is 53.0 Å². The second-order valence-electron chi connectivity index (χ2n) is 7.66. The molecule has 2 aliphatic rings. The van der Waals surface area contributed by atoms with Gasteiger partial charge in [-0.25, -0.2) is 4.39 Å². The summed E-state index contributed by atoms with van der Waals surface area (Å²) >= 11 is 0. The number of guanidine groups is 1. The molecule has 2 heterocycles. The molecule has 0 saturated carbocycles. The van der Waals surface area contributed by atoms with E-state index in [0.717, 1.165) is 44.0 Å². The van der Waals surface area contributed by atoms with E-state index >= 15 is 0 Å². The Morgan fingerprint density at radius 2 is 1.96 bits per heavy atom. The first-order valence-electron chi connectivity index (χ1n) is 10.2. The molecule has 1 aromatic carbocycles. The fourth-order valence-corrected chi connectivity index (χ4v) is 4.14. The van der Waals surface area contributed by atoms with Gasteiger partial charge in [0.25, 0.3) is 0 Å². The summed E-state index contributed by atoms with van der Waals surface area (Å²) in [5.41, 5.74) is 0.923. The molecule has 0 spiro atoms. The highest BCUT2D eigenvalue weighted by molar-refractivity contribution is 5.79. The van der Waals surface area contributed by atoms with Crippen LogP contribution in [0, 0.1) is 5.82 Å². The maximum absolute atomic E-state index is 13.8. The molecule has 5 nitrogen and oxygen atoms in total. The number of nitrogens with one attached hydrogen (secondary N) is 2. The van der Waals surface area contributed by atoms with Crippen molar-refractivity contribution in [2.24, 2.45) is 4.99 Å². The van der Waals surface area contributed by atoms with Crippen LogP contribution in [0.3, 0.4) is 0 Å². The van der Waals surface area contributed by atoms with E-state index in [1.165, 1.54) is 38.4 Å². The molecule has 150 valence electrons. The lowest BCUT2D eigenvalue weighted by atomic mass is 9.74. The summed E-state index contributed by atoms with van der Waals surface area (Å²) in [6.07, 6.45) is 5.75. The zero-order valence-corrected chi connectivity index (χ0v) is 16.5. The average molecular weight is 377 g/mol. The van der Waals surface area contributed by atoms with Crippen molar-refractivity contribution >= 4 is 5.96 Å². The van der Waals surface area contributed by atoms with Crippen molar-refractivity contribution in [1.29, 1.82) is 0 Å². The van der Waals surface area contributed by atoms with Crippen LogP contribution in [0.4, 0.5) is 4.39 Å². The SMILES string of the molecule is CN=C(NCCN1CCCCC1)NCC1(c2cccc(F)c2)CCOCC1. The maximum atomic E-state index is 13.8. The Bertz CT molecular complexity index is 610. The lowest BCUT2D eigenvalue weighted by molar-refractivity contribution is 0.0513. The second kappa shape index (κ2) is 10.0. The number of hydrogen-bond acceptors (Lipinski definition) is 3. The van der Waals surface area contributed by atoms with E-state index in [-0.39, 0.29) is 11.2 Å². The van der Waals surface area contributed by atoms with Gasteiger partial charge in [0, 0.05) is 45.3 Å². The van der Waals surface area contributed by atoms with Crippen LogP contribution in [0.25, 0.3) is 0 Å². The highest BCUT2D eigenvalue weighted by Crippen LogP contribution is 2.34. The van der Waals surface area contributed by atoms with E-state index < -0.39 is 0 Å². The molecule has 0 aromatic heterocycles. The van der Waals surface area contributed by atoms with Gasteiger partial charge in [0.15, 0.2) is 5.96 Å². The quantitative estimate of drug-likeness (QED) is 0.592. The van der Waals surface area contributed by atoms with Crippen LogP contribution in [0.5, 0.6) is 0 Å². The smallest absolute Gasteiger partial charge is 0.191 e. The molecular formula is C21H33FN4O. The van der Waals surface area contributed by atoms with E-state index in [2.05, 4.69) is 20.5 Å². The predicted octanol–water partition coefficient (Wildman–Crippen LogP) is 2.52. The first-order chi connectivity index (χ1) is 13.2. The zero-order chi connectivity index (χ0) is 19.0. The second-order valence-corrected chi connectivity index (χ2v) is 7.66. The summed E-state index contributed by atoms with van der Waals surface area (Å²) in [5.74, 6) is 0.636. The molecule has 6 heteroatoms. The summed E-state index contributed by atoms with van der Waals surface area (Å²) in [6.45, 7) is 6.48. The topological polar surface area (TPSA) is 48.9 Å². The van der Waals surface area contributed by atoms with Gasteiger partial charge in [-0.15, -0.1) is 0 Å². The fourth-order valence-electron chi connectivity index (χ4n) is 4.14. The zero-order valence-electron chi connectivity index (χ0n) is 16.5. The molecule has 2 fully saturated rings. The van der Waals surface area contributed by atoms with Gasteiger partial charge in [-0.05, 0) is 56.5 Å². The highest BCUT2D eigenvalue weighted by atomic mass is 19.1. The van der Waals surface area contributed by atoms with E-state index in [1.807, 2.05) is 6.07 Å². The van der Waals surface area contributed by atoms with Gasteiger partial charge in [-0.3, -0.25) is 4.99 Å². The number of nitrogens with zero attached hydrogens (tertiary/aromatic N) is 2. The average Bonchev–Trinajstić information content (AvgIpc) is 2.72. The number of hydrogen-bond donors (Lipinski definition) is 2.